The van der Waals surface area contributed by atoms with Crippen LogP contribution in [0.4, 0.5) is 11.5 Å². The average molecular weight is 340 g/mol. The molecule has 3 aliphatic rings. The summed E-state index contributed by atoms with van der Waals surface area (Å²) in [6.45, 7) is 3.22. The average Bonchev–Trinajstić information content (AvgIpc) is 3.09. The molecule has 6 heteroatoms. The van der Waals surface area contributed by atoms with E-state index >= 15 is 0 Å². The van der Waals surface area contributed by atoms with Gasteiger partial charge in [0.05, 0.1) is 11.8 Å². The molecule has 0 bridgehead atoms. The predicted octanol–water partition coefficient (Wildman–Crippen LogP) is 2.89. The number of nitrogens with one attached hydrogen (secondary N) is 1. The first kappa shape index (κ1) is 14.7. The summed E-state index contributed by atoms with van der Waals surface area (Å²) in [6.07, 6.45) is 5.36. The number of aliphatic hydroxyl groups excluding tert-OH is 1. The van der Waals surface area contributed by atoms with Crippen molar-refractivity contribution < 1.29 is 5.11 Å². The van der Waals surface area contributed by atoms with E-state index in [-0.39, 0.29) is 6.10 Å². The molecule has 124 valence electrons. The van der Waals surface area contributed by atoms with Crippen LogP contribution in [-0.2, 0) is 6.54 Å². The molecule has 5 nitrogen and oxygen atoms in total. The summed E-state index contributed by atoms with van der Waals surface area (Å²) in [7, 11) is 0. The molecule has 2 unspecified atom stereocenters. The Morgan fingerprint density at radius 3 is 2.79 bits per heavy atom. The minimum atomic E-state index is -0.0618. The van der Waals surface area contributed by atoms with Crippen LogP contribution in [0.1, 0.15) is 18.4 Å². The summed E-state index contributed by atoms with van der Waals surface area (Å²) in [4.78, 5) is 12.5. The van der Waals surface area contributed by atoms with E-state index in [0.29, 0.717) is 11.8 Å². The van der Waals surface area contributed by atoms with Crippen LogP contribution < -0.4 is 5.32 Å². The second kappa shape index (κ2) is 5.72. The van der Waals surface area contributed by atoms with Gasteiger partial charge in [-0.1, -0.05) is 17.8 Å². The van der Waals surface area contributed by atoms with E-state index in [9.17, 15) is 5.11 Å². The summed E-state index contributed by atoms with van der Waals surface area (Å²) in [6, 6.07) is 6.64. The van der Waals surface area contributed by atoms with Crippen LogP contribution in [-0.4, -0.2) is 39.2 Å². The Morgan fingerprint density at radius 2 is 1.96 bits per heavy atom. The van der Waals surface area contributed by atoms with Gasteiger partial charge in [-0.15, -0.1) is 0 Å². The van der Waals surface area contributed by atoms with Crippen LogP contribution in [0.2, 0.25) is 0 Å². The fourth-order valence-electron chi connectivity index (χ4n) is 4.33. The van der Waals surface area contributed by atoms with Gasteiger partial charge in [-0.2, -0.15) is 0 Å². The topological polar surface area (TPSA) is 61.3 Å². The van der Waals surface area contributed by atoms with Crippen molar-refractivity contribution in [2.24, 2.45) is 11.8 Å². The van der Waals surface area contributed by atoms with Gasteiger partial charge in [0.25, 0.3) is 0 Å². The summed E-state index contributed by atoms with van der Waals surface area (Å²) in [5.41, 5.74) is 2.45. The molecule has 0 amide bonds. The summed E-state index contributed by atoms with van der Waals surface area (Å²) in [5.74, 6) is 2.22. The van der Waals surface area contributed by atoms with Crippen LogP contribution in [0.25, 0.3) is 0 Å². The van der Waals surface area contributed by atoms with Gasteiger partial charge in [0, 0.05) is 36.9 Å². The third-order valence-electron chi connectivity index (χ3n) is 5.38. The van der Waals surface area contributed by atoms with Gasteiger partial charge in [0.2, 0.25) is 0 Å². The van der Waals surface area contributed by atoms with Crippen molar-refractivity contribution in [3.05, 3.63) is 36.2 Å². The largest absolute Gasteiger partial charge is 0.393 e. The molecule has 2 aliphatic heterocycles. The molecule has 5 rings (SSSR count). The lowest BCUT2D eigenvalue weighted by Crippen LogP contribution is -2.22. The van der Waals surface area contributed by atoms with Crippen molar-refractivity contribution in [3.8, 4) is 0 Å². The maximum Gasteiger partial charge on any atom is 0.163 e. The zero-order chi connectivity index (χ0) is 16.1. The van der Waals surface area contributed by atoms with Crippen LogP contribution in [0, 0.1) is 11.8 Å². The molecular formula is C18H20N4OS. The minimum Gasteiger partial charge on any atom is -0.393 e. The summed E-state index contributed by atoms with van der Waals surface area (Å²) >= 11 is 1.67. The second-order valence-corrected chi connectivity index (χ2v) is 8.14. The Morgan fingerprint density at radius 1 is 1.17 bits per heavy atom. The molecule has 0 spiro atoms. The number of fused-ring (bicyclic) bond motifs is 3. The van der Waals surface area contributed by atoms with Gasteiger partial charge >= 0.3 is 0 Å². The molecule has 1 saturated heterocycles. The number of likely N-dealkylation sites (tertiary alicyclic amines) is 1. The summed E-state index contributed by atoms with van der Waals surface area (Å²) < 4.78 is 0. The number of hydrogen-bond acceptors (Lipinski definition) is 6. The van der Waals surface area contributed by atoms with E-state index in [1.807, 2.05) is 0 Å². The molecule has 0 radical (unpaired) electrons. The van der Waals surface area contributed by atoms with E-state index in [4.69, 9.17) is 0 Å². The normalized spacial score (nSPS) is 28.1. The number of rotatable bonds is 2. The van der Waals surface area contributed by atoms with E-state index in [0.717, 1.165) is 49.0 Å². The van der Waals surface area contributed by atoms with Gasteiger partial charge in [-0.05, 0) is 42.4 Å². The molecule has 2 N–H and O–H groups in total. The number of hydrogen-bond donors (Lipinski definition) is 2. The molecule has 3 heterocycles. The number of aliphatic hydroxyl groups is 1. The SMILES string of the molecule is OC1CC2CN(Cc3ccc4c(c3)Nc3nccnc3S4)CC2C1. The molecule has 2 atom stereocenters. The minimum absolute atomic E-state index is 0.0618. The molecule has 1 aromatic carbocycles. The fraction of sp³-hybridized carbons (Fsp3) is 0.444. The summed E-state index contributed by atoms with van der Waals surface area (Å²) in [5, 5.41) is 14.1. The molecule has 24 heavy (non-hydrogen) atoms. The zero-order valence-electron chi connectivity index (χ0n) is 13.4. The molecule has 2 aromatic rings. The second-order valence-electron chi connectivity index (χ2n) is 7.11. The third-order valence-corrected chi connectivity index (χ3v) is 6.44. The smallest absolute Gasteiger partial charge is 0.163 e. The van der Waals surface area contributed by atoms with E-state index in [1.165, 1.54) is 10.5 Å². The maximum atomic E-state index is 9.78. The molecular weight excluding hydrogens is 320 g/mol. The van der Waals surface area contributed by atoms with Crippen LogP contribution in [0.3, 0.4) is 0 Å². The van der Waals surface area contributed by atoms with E-state index in [2.05, 4.69) is 38.4 Å². The molecule has 1 saturated carbocycles. The Bertz CT molecular complexity index is 769. The van der Waals surface area contributed by atoms with Crippen LogP contribution in [0.5, 0.6) is 0 Å². The molecule has 2 fully saturated rings. The van der Waals surface area contributed by atoms with Crippen molar-refractivity contribution >= 4 is 23.3 Å². The van der Waals surface area contributed by atoms with Crippen molar-refractivity contribution in [3.63, 3.8) is 0 Å². The number of nitrogens with zero attached hydrogens (tertiary/aromatic N) is 3. The van der Waals surface area contributed by atoms with E-state index in [1.54, 1.807) is 24.2 Å². The molecule has 1 aliphatic carbocycles. The highest BCUT2D eigenvalue weighted by atomic mass is 32.2. The highest BCUT2D eigenvalue weighted by molar-refractivity contribution is 7.99. The quantitative estimate of drug-likeness (QED) is 0.748. The van der Waals surface area contributed by atoms with Gasteiger partial charge in [0.1, 0.15) is 5.03 Å². The Labute approximate surface area is 145 Å². The lowest BCUT2D eigenvalue weighted by Gasteiger charge is -2.21. The first-order valence-corrected chi connectivity index (χ1v) is 9.35. The van der Waals surface area contributed by atoms with Crippen LogP contribution in [0.15, 0.2) is 40.5 Å². The molecule has 1 aromatic heterocycles. The lowest BCUT2D eigenvalue weighted by atomic mass is 10.0. The van der Waals surface area contributed by atoms with Gasteiger partial charge in [0.15, 0.2) is 5.82 Å². The predicted molar refractivity (Wildman–Crippen MR) is 93.4 cm³/mol. The van der Waals surface area contributed by atoms with E-state index < -0.39 is 0 Å². The standard InChI is InChI=1S/C18H20N4OS/c23-14-6-12-9-22(10-13(12)7-14)8-11-1-2-16-15(5-11)21-17-18(24-16)20-4-3-19-17/h1-5,12-14,23H,6-10H2,(H,19,21). The fourth-order valence-corrected chi connectivity index (χ4v) is 5.21. The number of benzene rings is 1. The maximum absolute atomic E-state index is 9.78. The monoisotopic (exact) mass is 340 g/mol. The van der Waals surface area contributed by atoms with Crippen molar-refractivity contribution in [2.75, 3.05) is 18.4 Å². The van der Waals surface area contributed by atoms with Gasteiger partial charge < -0.3 is 10.4 Å². The third kappa shape index (κ3) is 2.59. The highest BCUT2D eigenvalue weighted by Crippen LogP contribution is 2.43. The Hall–Kier alpha value is -1.63. The Balaban J connectivity index is 1.31. The van der Waals surface area contributed by atoms with Crippen molar-refractivity contribution in [2.45, 2.75) is 35.4 Å². The number of aromatic nitrogens is 2. The number of anilines is 2. The Kier molecular flexibility index (Phi) is 3.50. The van der Waals surface area contributed by atoms with Crippen molar-refractivity contribution in [1.82, 2.24) is 14.9 Å². The van der Waals surface area contributed by atoms with Gasteiger partial charge in [-0.3, -0.25) is 4.90 Å². The first-order chi connectivity index (χ1) is 11.7. The van der Waals surface area contributed by atoms with Crippen LogP contribution >= 0.6 is 11.8 Å². The first-order valence-electron chi connectivity index (χ1n) is 8.54. The lowest BCUT2D eigenvalue weighted by molar-refractivity contribution is 0.161. The van der Waals surface area contributed by atoms with Crippen molar-refractivity contribution in [1.29, 1.82) is 0 Å². The zero-order valence-corrected chi connectivity index (χ0v) is 14.2. The van der Waals surface area contributed by atoms with Gasteiger partial charge in [-0.25, -0.2) is 9.97 Å². The highest BCUT2D eigenvalue weighted by Gasteiger charge is 2.40.